The zero-order valence-corrected chi connectivity index (χ0v) is 9.83. The Morgan fingerprint density at radius 2 is 2.44 bits per heavy atom. The first-order valence-electron chi connectivity index (χ1n) is 5.16. The number of carbonyl (C=O) groups excluding carboxylic acids is 1. The molecule has 0 aliphatic rings. The first-order valence-corrected chi connectivity index (χ1v) is 5.16. The van der Waals surface area contributed by atoms with Crippen molar-refractivity contribution in [2.75, 3.05) is 0 Å². The Bertz CT molecular complexity index is 511. The number of aromatic nitrogens is 2. The standard InChI is InChI=1S/C12H13N3O3/c1-3-4-10(12(17)18)14-11(16)6-5-9-7-13-15(2)8-9/h1,5-8,10H,4H2,2H3,(H,14,16)(H,17,18)/b6-5+. The fourth-order valence-electron chi connectivity index (χ4n) is 1.24. The van der Waals surface area contributed by atoms with Gasteiger partial charge in [0.25, 0.3) is 0 Å². The molecule has 1 aromatic rings. The normalized spacial score (nSPS) is 12.0. The van der Waals surface area contributed by atoms with Crippen molar-refractivity contribution in [2.45, 2.75) is 12.5 Å². The maximum atomic E-state index is 11.5. The van der Waals surface area contributed by atoms with Crippen LogP contribution in [0.5, 0.6) is 0 Å². The first-order chi connectivity index (χ1) is 8.52. The highest BCUT2D eigenvalue weighted by Gasteiger charge is 2.17. The van der Waals surface area contributed by atoms with E-state index in [1.54, 1.807) is 24.1 Å². The molecule has 0 aromatic carbocycles. The van der Waals surface area contributed by atoms with Crippen molar-refractivity contribution in [1.82, 2.24) is 15.1 Å². The Kier molecular flexibility index (Phi) is 4.69. The Balaban J connectivity index is 2.58. The lowest BCUT2D eigenvalue weighted by Gasteiger charge is -2.09. The molecule has 18 heavy (non-hydrogen) atoms. The van der Waals surface area contributed by atoms with Gasteiger partial charge in [0.2, 0.25) is 5.91 Å². The van der Waals surface area contributed by atoms with Crippen molar-refractivity contribution in [3.05, 3.63) is 24.0 Å². The number of hydrogen-bond donors (Lipinski definition) is 2. The van der Waals surface area contributed by atoms with Crippen molar-refractivity contribution >= 4 is 18.0 Å². The minimum Gasteiger partial charge on any atom is -0.480 e. The molecule has 1 aromatic heterocycles. The zero-order chi connectivity index (χ0) is 13.5. The van der Waals surface area contributed by atoms with Crippen LogP contribution in [-0.4, -0.2) is 32.8 Å². The van der Waals surface area contributed by atoms with E-state index in [2.05, 4.69) is 16.3 Å². The Labute approximate surface area is 104 Å². The molecule has 0 aliphatic carbocycles. The lowest BCUT2D eigenvalue weighted by molar-refractivity contribution is -0.141. The van der Waals surface area contributed by atoms with E-state index < -0.39 is 17.9 Å². The molecule has 0 aliphatic heterocycles. The predicted molar refractivity (Wildman–Crippen MR) is 65.3 cm³/mol. The molecule has 2 N–H and O–H groups in total. The van der Waals surface area contributed by atoms with Crippen LogP contribution in [0, 0.1) is 12.3 Å². The van der Waals surface area contributed by atoms with Crippen LogP contribution < -0.4 is 5.32 Å². The van der Waals surface area contributed by atoms with Gasteiger partial charge in [0, 0.05) is 31.3 Å². The number of amides is 1. The van der Waals surface area contributed by atoms with Gasteiger partial charge in [-0.15, -0.1) is 12.3 Å². The van der Waals surface area contributed by atoms with E-state index in [9.17, 15) is 9.59 Å². The van der Waals surface area contributed by atoms with Gasteiger partial charge in [-0.05, 0) is 6.08 Å². The van der Waals surface area contributed by atoms with Crippen molar-refractivity contribution < 1.29 is 14.7 Å². The van der Waals surface area contributed by atoms with E-state index >= 15 is 0 Å². The van der Waals surface area contributed by atoms with E-state index in [1.165, 1.54) is 12.2 Å². The highest BCUT2D eigenvalue weighted by atomic mass is 16.4. The lowest BCUT2D eigenvalue weighted by atomic mass is 10.2. The maximum Gasteiger partial charge on any atom is 0.327 e. The average Bonchev–Trinajstić information content (AvgIpc) is 2.72. The van der Waals surface area contributed by atoms with Gasteiger partial charge in [-0.3, -0.25) is 9.48 Å². The Morgan fingerprint density at radius 1 is 1.72 bits per heavy atom. The van der Waals surface area contributed by atoms with Crippen molar-refractivity contribution in [3.8, 4) is 12.3 Å². The molecule has 0 saturated heterocycles. The maximum absolute atomic E-state index is 11.5. The molecule has 94 valence electrons. The third kappa shape index (κ3) is 4.14. The Morgan fingerprint density at radius 3 is 2.94 bits per heavy atom. The summed E-state index contributed by atoms with van der Waals surface area (Å²) in [5.41, 5.74) is 0.747. The SMILES string of the molecule is C#CCC(NC(=O)/C=C/c1cnn(C)c1)C(=O)O. The van der Waals surface area contributed by atoms with Crippen LogP contribution in [0.15, 0.2) is 18.5 Å². The van der Waals surface area contributed by atoms with Gasteiger partial charge in [0.05, 0.1) is 6.20 Å². The van der Waals surface area contributed by atoms with Crippen LogP contribution in [0.25, 0.3) is 6.08 Å². The van der Waals surface area contributed by atoms with Crippen molar-refractivity contribution in [2.24, 2.45) is 7.05 Å². The fraction of sp³-hybridized carbons (Fsp3) is 0.250. The molecular formula is C12H13N3O3. The Hall–Kier alpha value is -2.55. The number of aliphatic carboxylic acids is 1. The molecular weight excluding hydrogens is 234 g/mol. The number of carboxylic acids is 1. The molecule has 0 spiro atoms. The quantitative estimate of drug-likeness (QED) is 0.567. The van der Waals surface area contributed by atoms with Crippen LogP contribution >= 0.6 is 0 Å². The minimum atomic E-state index is -1.16. The summed E-state index contributed by atoms with van der Waals surface area (Å²) in [6.07, 6.45) is 11.0. The smallest absolute Gasteiger partial charge is 0.327 e. The molecule has 0 bridgehead atoms. The molecule has 0 saturated carbocycles. The summed E-state index contributed by atoms with van der Waals surface area (Å²) in [5, 5.41) is 15.0. The van der Waals surface area contributed by atoms with Gasteiger partial charge in [0.15, 0.2) is 0 Å². The zero-order valence-electron chi connectivity index (χ0n) is 9.83. The van der Waals surface area contributed by atoms with Gasteiger partial charge in [-0.2, -0.15) is 5.10 Å². The molecule has 1 amide bonds. The largest absolute Gasteiger partial charge is 0.480 e. The monoisotopic (exact) mass is 247 g/mol. The second-order valence-electron chi connectivity index (χ2n) is 3.59. The van der Waals surface area contributed by atoms with E-state index in [0.29, 0.717) is 0 Å². The number of aryl methyl sites for hydroxylation is 1. The van der Waals surface area contributed by atoms with E-state index in [1.807, 2.05) is 0 Å². The second kappa shape index (κ2) is 6.25. The molecule has 1 rings (SSSR count). The number of nitrogens with zero attached hydrogens (tertiary/aromatic N) is 2. The summed E-state index contributed by atoms with van der Waals surface area (Å²) in [7, 11) is 1.75. The molecule has 0 fully saturated rings. The molecule has 1 unspecified atom stereocenters. The number of nitrogens with one attached hydrogen (secondary N) is 1. The van der Waals surface area contributed by atoms with Gasteiger partial charge in [-0.25, -0.2) is 4.79 Å². The molecule has 6 heteroatoms. The summed E-state index contributed by atoms with van der Waals surface area (Å²) >= 11 is 0. The summed E-state index contributed by atoms with van der Waals surface area (Å²) in [6, 6.07) is -1.07. The number of carboxylic acid groups (broad SMARTS) is 1. The molecule has 6 nitrogen and oxygen atoms in total. The van der Waals surface area contributed by atoms with Crippen LogP contribution in [0.4, 0.5) is 0 Å². The van der Waals surface area contributed by atoms with Crippen LogP contribution in [0.2, 0.25) is 0 Å². The van der Waals surface area contributed by atoms with E-state index in [4.69, 9.17) is 11.5 Å². The molecule has 1 atom stereocenters. The third-order valence-electron chi connectivity index (χ3n) is 2.09. The van der Waals surface area contributed by atoms with Gasteiger partial charge < -0.3 is 10.4 Å². The summed E-state index contributed by atoms with van der Waals surface area (Å²) < 4.78 is 1.59. The highest BCUT2D eigenvalue weighted by molar-refractivity contribution is 5.94. The predicted octanol–water partition coefficient (Wildman–Crippen LogP) is 0.0260. The van der Waals surface area contributed by atoms with Crippen LogP contribution in [0.3, 0.4) is 0 Å². The van der Waals surface area contributed by atoms with Crippen molar-refractivity contribution in [3.63, 3.8) is 0 Å². The first kappa shape index (κ1) is 13.5. The lowest BCUT2D eigenvalue weighted by Crippen LogP contribution is -2.39. The number of rotatable bonds is 5. The van der Waals surface area contributed by atoms with E-state index in [-0.39, 0.29) is 6.42 Å². The van der Waals surface area contributed by atoms with Gasteiger partial charge in [0.1, 0.15) is 6.04 Å². The molecule has 0 radical (unpaired) electrons. The second-order valence-corrected chi connectivity index (χ2v) is 3.59. The highest BCUT2D eigenvalue weighted by Crippen LogP contribution is 1.99. The summed E-state index contributed by atoms with van der Waals surface area (Å²) in [4.78, 5) is 22.2. The topological polar surface area (TPSA) is 84.2 Å². The minimum absolute atomic E-state index is 0.0538. The summed E-state index contributed by atoms with van der Waals surface area (Å²) in [5.74, 6) is 0.530. The van der Waals surface area contributed by atoms with Crippen molar-refractivity contribution in [1.29, 1.82) is 0 Å². The van der Waals surface area contributed by atoms with Crippen LogP contribution in [0.1, 0.15) is 12.0 Å². The summed E-state index contributed by atoms with van der Waals surface area (Å²) in [6.45, 7) is 0. The fourth-order valence-corrected chi connectivity index (χ4v) is 1.24. The number of hydrogen-bond acceptors (Lipinski definition) is 3. The number of terminal acetylenes is 1. The van der Waals surface area contributed by atoms with Gasteiger partial charge in [-0.1, -0.05) is 0 Å². The third-order valence-corrected chi connectivity index (χ3v) is 2.09. The van der Waals surface area contributed by atoms with E-state index in [0.717, 1.165) is 5.56 Å². The number of carbonyl (C=O) groups is 2. The molecule has 1 heterocycles. The van der Waals surface area contributed by atoms with Crippen LogP contribution in [-0.2, 0) is 16.6 Å². The average molecular weight is 247 g/mol. The van der Waals surface area contributed by atoms with Gasteiger partial charge >= 0.3 is 5.97 Å².